The lowest BCUT2D eigenvalue weighted by atomic mass is 9.84. The fourth-order valence-corrected chi connectivity index (χ4v) is 4.42. The molecule has 0 radical (unpaired) electrons. The van der Waals surface area contributed by atoms with Gasteiger partial charge in [0.05, 0.1) is 11.8 Å². The Morgan fingerprint density at radius 1 is 1.26 bits per heavy atom. The Morgan fingerprint density at radius 2 is 1.96 bits per heavy atom. The van der Waals surface area contributed by atoms with Gasteiger partial charge in [0, 0.05) is 19.0 Å². The summed E-state index contributed by atoms with van der Waals surface area (Å²) in [6.45, 7) is 9.96. The largest absolute Gasteiger partial charge is 0.494 e. The van der Waals surface area contributed by atoms with Crippen LogP contribution in [0.15, 0.2) is 12.1 Å². The van der Waals surface area contributed by atoms with Crippen LogP contribution in [0, 0.1) is 12.8 Å². The molecule has 1 aliphatic carbocycles. The van der Waals surface area contributed by atoms with Crippen LogP contribution in [0.1, 0.15) is 38.7 Å². The second-order valence-corrected chi connectivity index (χ2v) is 7.88. The zero-order valence-electron chi connectivity index (χ0n) is 16.7. The number of anilines is 1. The molecule has 1 saturated carbocycles. The summed E-state index contributed by atoms with van der Waals surface area (Å²) in [4.78, 5) is 22.2. The van der Waals surface area contributed by atoms with Crippen LogP contribution in [0.3, 0.4) is 0 Å². The second-order valence-electron chi connectivity index (χ2n) is 6.90. The van der Waals surface area contributed by atoms with Crippen molar-refractivity contribution in [2.45, 2.75) is 40.0 Å². The molecule has 0 N–H and O–H groups in total. The summed E-state index contributed by atoms with van der Waals surface area (Å²) in [6.07, 6.45) is 3.18. The van der Waals surface area contributed by atoms with Crippen molar-refractivity contribution in [1.82, 2.24) is 9.88 Å². The predicted octanol–water partition coefficient (Wildman–Crippen LogP) is 4.51. The molecule has 1 aromatic heterocycles. The van der Waals surface area contributed by atoms with Crippen LogP contribution in [-0.4, -0.2) is 49.1 Å². The number of benzene rings is 1. The highest BCUT2D eigenvalue weighted by molar-refractivity contribution is 7.22. The fourth-order valence-electron chi connectivity index (χ4n) is 3.34. The number of hydrogen-bond acceptors (Lipinski definition) is 5. The molecule has 0 spiro atoms. The first kappa shape index (κ1) is 21.9. The third-order valence-electron chi connectivity index (χ3n) is 5.40. The third kappa shape index (κ3) is 4.55. The molecule has 1 aliphatic rings. The number of ether oxygens (including phenoxy) is 1. The van der Waals surface area contributed by atoms with E-state index in [2.05, 4.69) is 31.7 Å². The molecule has 1 amide bonds. The van der Waals surface area contributed by atoms with Gasteiger partial charge in [0.1, 0.15) is 11.3 Å². The van der Waals surface area contributed by atoms with E-state index in [1.165, 1.54) is 5.56 Å². The molecule has 5 nitrogen and oxygen atoms in total. The molecule has 3 rings (SSSR count). The lowest BCUT2D eigenvalue weighted by Crippen LogP contribution is -2.43. The summed E-state index contributed by atoms with van der Waals surface area (Å²) >= 11 is 1.60. The number of methoxy groups -OCH3 is 1. The molecule has 2 aromatic rings. The number of fused-ring (bicyclic) bond motifs is 1. The van der Waals surface area contributed by atoms with Crippen LogP contribution in [0.4, 0.5) is 5.13 Å². The number of halogens is 1. The first-order valence-electron chi connectivity index (χ1n) is 9.56. The Balaban J connectivity index is 0.00000261. The van der Waals surface area contributed by atoms with Gasteiger partial charge in [-0.3, -0.25) is 9.69 Å². The highest BCUT2D eigenvalue weighted by Crippen LogP contribution is 2.38. The number of carbonyl (C=O) groups excluding carboxylic acids is 1. The molecule has 1 aromatic carbocycles. The first-order valence-corrected chi connectivity index (χ1v) is 10.4. The summed E-state index contributed by atoms with van der Waals surface area (Å²) in [7, 11) is 1.67. The highest BCUT2D eigenvalue weighted by Gasteiger charge is 2.32. The maximum absolute atomic E-state index is 13.1. The van der Waals surface area contributed by atoms with E-state index in [0.717, 1.165) is 60.0 Å². The quantitative estimate of drug-likeness (QED) is 0.641. The smallest absolute Gasteiger partial charge is 0.231 e. The number of amides is 1. The average molecular weight is 412 g/mol. The van der Waals surface area contributed by atoms with Gasteiger partial charge in [-0.15, -0.1) is 12.4 Å². The van der Waals surface area contributed by atoms with Crippen molar-refractivity contribution in [2.75, 3.05) is 38.2 Å². The van der Waals surface area contributed by atoms with E-state index in [1.54, 1.807) is 18.4 Å². The van der Waals surface area contributed by atoms with Gasteiger partial charge in [-0.05, 0) is 44.5 Å². The van der Waals surface area contributed by atoms with Gasteiger partial charge in [-0.1, -0.05) is 37.7 Å². The number of thiazole rings is 1. The Labute approximate surface area is 172 Å². The minimum absolute atomic E-state index is 0. The number of nitrogens with zero attached hydrogens (tertiary/aromatic N) is 3. The fraction of sp³-hybridized carbons (Fsp3) is 0.600. The molecule has 7 heteroatoms. The molecule has 0 aliphatic heterocycles. The first-order chi connectivity index (χ1) is 12.6. The van der Waals surface area contributed by atoms with Crippen LogP contribution in [0.5, 0.6) is 5.75 Å². The summed E-state index contributed by atoms with van der Waals surface area (Å²) < 4.78 is 6.59. The molecule has 0 bridgehead atoms. The maximum atomic E-state index is 13.1. The van der Waals surface area contributed by atoms with Gasteiger partial charge in [0.15, 0.2) is 5.13 Å². The van der Waals surface area contributed by atoms with Crippen LogP contribution in [0.2, 0.25) is 0 Å². The minimum atomic E-state index is 0. The van der Waals surface area contributed by atoms with Gasteiger partial charge < -0.3 is 9.64 Å². The Morgan fingerprint density at radius 3 is 2.52 bits per heavy atom. The van der Waals surface area contributed by atoms with Gasteiger partial charge in [-0.2, -0.15) is 0 Å². The monoisotopic (exact) mass is 411 g/mol. The Kier molecular flexibility index (Phi) is 7.89. The van der Waals surface area contributed by atoms with E-state index in [-0.39, 0.29) is 24.2 Å². The predicted molar refractivity (Wildman–Crippen MR) is 116 cm³/mol. The third-order valence-corrected chi connectivity index (χ3v) is 6.61. The molecule has 0 saturated heterocycles. The molecule has 0 atom stereocenters. The van der Waals surface area contributed by atoms with Crippen molar-refractivity contribution in [3.63, 3.8) is 0 Å². The van der Waals surface area contributed by atoms with Crippen molar-refractivity contribution in [2.24, 2.45) is 5.92 Å². The molecule has 150 valence electrons. The van der Waals surface area contributed by atoms with Gasteiger partial charge in [0.2, 0.25) is 5.91 Å². The summed E-state index contributed by atoms with van der Waals surface area (Å²) in [5.74, 6) is 1.17. The van der Waals surface area contributed by atoms with Gasteiger partial charge in [0.25, 0.3) is 0 Å². The second kappa shape index (κ2) is 9.71. The molecular weight excluding hydrogens is 382 g/mol. The van der Waals surface area contributed by atoms with Crippen LogP contribution in [-0.2, 0) is 4.79 Å². The average Bonchev–Trinajstić information content (AvgIpc) is 3.03. The number of aromatic nitrogens is 1. The van der Waals surface area contributed by atoms with Crippen LogP contribution >= 0.6 is 23.7 Å². The van der Waals surface area contributed by atoms with E-state index in [1.807, 2.05) is 11.0 Å². The van der Waals surface area contributed by atoms with E-state index >= 15 is 0 Å². The van der Waals surface area contributed by atoms with E-state index in [9.17, 15) is 4.79 Å². The van der Waals surface area contributed by atoms with E-state index in [0.29, 0.717) is 6.54 Å². The Bertz CT molecular complexity index is 772. The maximum Gasteiger partial charge on any atom is 0.231 e. The standard InChI is InChI=1S/C20H29N3O2S.ClH/c1-5-22(6-2)12-13-23(19(24)15-8-7-9-15)20-21-17-16(25-4)11-10-14(3)18(17)26-20;/h10-11,15H,5-9,12-13H2,1-4H3;1H. The van der Waals surface area contributed by atoms with Crippen LogP contribution < -0.4 is 9.64 Å². The Hall–Kier alpha value is -1.37. The molecule has 0 unspecified atom stereocenters. The van der Waals surface area contributed by atoms with Crippen LogP contribution in [0.25, 0.3) is 10.2 Å². The topological polar surface area (TPSA) is 45.7 Å². The van der Waals surface area contributed by atoms with Crippen molar-refractivity contribution < 1.29 is 9.53 Å². The van der Waals surface area contributed by atoms with E-state index in [4.69, 9.17) is 9.72 Å². The molecule has 1 fully saturated rings. The highest BCUT2D eigenvalue weighted by atomic mass is 35.5. The molecule has 27 heavy (non-hydrogen) atoms. The van der Waals surface area contributed by atoms with Crippen molar-refractivity contribution >= 4 is 45.0 Å². The van der Waals surface area contributed by atoms with Crippen molar-refractivity contribution in [1.29, 1.82) is 0 Å². The van der Waals surface area contributed by atoms with Gasteiger partial charge >= 0.3 is 0 Å². The number of aryl methyl sites for hydroxylation is 1. The number of hydrogen-bond donors (Lipinski definition) is 0. The van der Waals surface area contributed by atoms with E-state index < -0.39 is 0 Å². The zero-order chi connectivity index (χ0) is 18.7. The lowest BCUT2D eigenvalue weighted by molar-refractivity contribution is -0.124. The molecule has 1 heterocycles. The SMILES string of the molecule is CCN(CC)CCN(C(=O)C1CCC1)c1nc2c(OC)ccc(C)c2s1.Cl. The van der Waals surface area contributed by atoms with Gasteiger partial charge in [-0.25, -0.2) is 4.98 Å². The number of likely N-dealkylation sites (N-methyl/N-ethyl adjacent to an activating group) is 1. The minimum Gasteiger partial charge on any atom is -0.494 e. The summed E-state index contributed by atoms with van der Waals surface area (Å²) in [5.41, 5.74) is 2.03. The normalized spacial score (nSPS) is 14.1. The zero-order valence-corrected chi connectivity index (χ0v) is 18.3. The number of rotatable bonds is 8. The lowest BCUT2D eigenvalue weighted by Gasteiger charge is -2.31. The summed E-state index contributed by atoms with van der Waals surface area (Å²) in [5, 5.41) is 0.802. The number of carbonyl (C=O) groups is 1. The summed E-state index contributed by atoms with van der Waals surface area (Å²) in [6, 6.07) is 4.01. The van der Waals surface area contributed by atoms with Crippen molar-refractivity contribution in [3.05, 3.63) is 17.7 Å². The van der Waals surface area contributed by atoms with Crippen molar-refractivity contribution in [3.8, 4) is 5.75 Å². The molecular formula is C20H30ClN3O2S.